The fourth-order valence-electron chi connectivity index (χ4n) is 3.32. The zero-order chi connectivity index (χ0) is 17.1. The van der Waals surface area contributed by atoms with Crippen molar-refractivity contribution in [1.29, 1.82) is 0 Å². The van der Waals surface area contributed by atoms with Crippen LogP contribution in [0.3, 0.4) is 0 Å². The Labute approximate surface area is 151 Å². The van der Waals surface area contributed by atoms with E-state index in [1.54, 1.807) is 17.5 Å². The fraction of sp³-hybridized carbons (Fsp3) is 0.300. The maximum atomic E-state index is 12.5. The molecule has 5 heteroatoms. The number of rotatable bonds is 5. The number of hydrogen-bond donors (Lipinski definition) is 1. The van der Waals surface area contributed by atoms with E-state index in [1.807, 2.05) is 22.5 Å². The zero-order valence-electron chi connectivity index (χ0n) is 14.1. The molecule has 0 bridgehead atoms. The molecule has 3 aromatic rings. The summed E-state index contributed by atoms with van der Waals surface area (Å²) in [5.41, 5.74) is 4.51. The van der Waals surface area contributed by atoms with Gasteiger partial charge < -0.3 is 9.88 Å². The summed E-state index contributed by atoms with van der Waals surface area (Å²) in [6.07, 6.45) is 10.2. The molecule has 1 N–H and O–H groups in total. The van der Waals surface area contributed by atoms with Gasteiger partial charge in [0.25, 0.3) is 5.91 Å². The molecule has 0 fully saturated rings. The predicted molar refractivity (Wildman–Crippen MR) is 99.9 cm³/mol. The summed E-state index contributed by atoms with van der Waals surface area (Å²) in [6, 6.07) is 8.37. The lowest BCUT2D eigenvalue weighted by Crippen LogP contribution is -2.23. The highest BCUT2D eigenvalue weighted by atomic mass is 32.1. The van der Waals surface area contributed by atoms with Crippen molar-refractivity contribution in [1.82, 2.24) is 14.9 Å². The van der Waals surface area contributed by atoms with Gasteiger partial charge in [-0.05, 0) is 42.4 Å². The second-order valence-electron chi connectivity index (χ2n) is 6.49. The first-order valence-electron chi connectivity index (χ1n) is 8.70. The lowest BCUT2D eigenvalue weighted by atomic mass is 9.95. The third kappa shape index (κ3) is 3.66. The summed E-state index contributed by atoms with van der Waals surface area (Å²) in [7, 11) is 0. The quantitative estimate of drug-likeness (QED) is 0.760. The van der Waals surface area contributed by atoms with Gasteiger partial charge in [-0.3, -0.25) is 4.79 Å². The standard InChI is InChI=1S/C20H21N3OS/c24-20(18-13-25-19-4-2-1-3-17(18)19)22-11-15-5-7-16(8-6-15)12-23-10-9-21-14-23/h5-10,13-14H,1-4,11-12H2,(H,22,24). The van der Waals surface area contributed by atoms with Crippen LogP contribution in [0.5, 0.6) is 0 Å². The highest BCUT2D eigenvalue weighted by Crippen LogP contribution is 2.30. The first kappa shape index (κ1) is 16.1. The van der Waals surface area contributed by atoms with Crippen molar-refractivity contribution in [3.63, 3.8) is 0 Å². The van der Waals surface area contributed by atoms with Gasteiger partial charge in [0.15, 0.2) is 0 Å². The molecule has 4 nitrogen and oxygen atoms in total. The number of nitrogens with one attached hydrogen (secondary N) is 1. The molecule has 1 aromatic carbocycles. The minimum atomic E-state index is 0.0573. The molecule has 25 heavy (non-hydrogen) atoms. The van der Waals surface area contributed by atoms with Gasteiger partial charge in [-0.1, -0.05) is 24.3 Å². The van der Waals surface area contributed by atoms with E-state index in [0.717, 1.165) is 30.5 Å². The van der Waals surface area contributed by atoms with Crippen LogP contribution in [0.4, 0.5) is 0 Å². The number of fused-ring (bicyclic) bond motifs is 1. The third-order valence-corrected chi connectivity index (χ3v) is 5.79. The van der Waals surface area contributed by atoms with Gasteiger partial charge >= 0.3 is 0 Å². The van der Waals surface area contributed by atoms with Gasteiger partial charge in [-0.2, -0.15) is 0 Å². The van der Waals surface area contributed by atoms with Gasteiger partial charge in [0.05, 0.1) is 11.9 Å². The van der Waals surface area contributed by atoms with Crippen molar-refractivity contribution in [2.24, 2.45) is 0 Å². The Kier molecular flexibility index (Phi) is 4.65. The minimum Gasteiger partial charge on any atom is -0.348 e. The van der Waals surface area contributed by atoms with Crippen LogP contribution in [0.2, 0.25) is 0 Å². The second kappa shape index (κ2) is 7.23. The van der Waals surface area contributed by atoms with E-state index < -0.39 is 0 Å². The normalized spacial score (nSPS) is 13.4. The van der Waals surface area contributed by atoms with Gasteiger partial charge in [0, 0.05) is 35.7 Å². The van der Waals surface area contributed by atoms with E-state index in [1.165, 1.54) is 28.8 Å². The molecule has 1 aliphatic carbocycles. The SMILES string of the molecule is O=C(NCc1ccc(Cn2ccnc2)cc1)c1csc2c1CCCC2. The molecule has 0 saturated carbocycles. The number of benzene rings is 1. The topological polar surface area (TPSA) is 46.9 Å². The van der Waals surface area contributed by atoms with Crippen LogP contribution in [0, 0.1) is 0 Å². The molecule has 0 aliphatic heterocycles. The van der Waals surface area contributed by atoms with Crippen LogP contribution in [-0.4, -0.2) is 15.5 Å². The van der Waals surface area contributed by atoms with E-state index in [-0.39, 0.29) is 5.91 Å². The van der Waals surface area contributed by atoms with Crippen LogP contribution >= 0.6 is 11.3 Å². The summed E-state index contributed by atoms with van der Waals surface area (Å²) in [5.74, 6) is 0.0573. The van der Waals surface area contributed by atoms with Crippen molar-refractivity contribution in [2.75, 3.05) is 0 Å². The molecular formula is C20H21N3OS. The second-order valence-corrected chi connectivity index (χ2v) is 7.46. The van der Waals surface area contributed by atoms with E-state index >= 15 is 0 Å². The number of carbonyl (C=O) groups excluding carboxylic acids is 1. The maximum Gasteiger partial charge on any atom is 0.252 e. The lowest BCUT2D eigenvalue weighted by Gasteiger charge is -2.13. The largest absolute Gasteiger partial charge is 0.348 e. The highest BCUT2D eigenvalue weighted by molar-refractivity contribution is 7.10. The van der Waals surface area contributed by atoms with Gasteiger partial charge in [-0.15, -0.1) is 11.3 Å². The van der Waals surface area contributed by atoms with Crippen LogP contribution in [0.15, 0.2) is 48.4 Å². The Balaban J connectivity index is 1.36. The van der Waals surface area contributed by atoms with Crippen molar-refractivity contribution >= 4 is 17.2 Å². The molecule has 0 spiro atoms. The number of nitrogens with zero attached hydrogens (tertiary/aromatic N) is 2. The van der Waals surface area contributed by atoms with Crippen molar-refractivity contribution < 1.29 is 4.79 Å². The Morgan fingerprint density at radius 2 is 1.96 bits per heavy atom. The van der Waals surface area contributed by atoms with E-state index in [0.29, 0.717) is 6.54 Å². The number of hydrogen-bond acceptors (Lipinski definition) is 3. The molecule has 0 unspecified atom stereocenters. The molecule has 2 heterocycles. The first-order chi connectivity index (χ1) is 12.3. The molecule has 1 aliphatic rings. The van der Waals surface area contributed by atoms with Crippen LogP contribution in [-0.2, 0) is 25.9 Å². The highest BCUT2D eigenvalue weighted by Gasteiger charge is 2.19. The Morgan fingerprint density at radius 3 is 2.76 bits per heavy atom. The number of aromatic nitrogens is 2. The Hall–Kier alpha value is -2.40. The van der Waals surface area contributed by atoms with Gasteiger partial charge in [0.2, 0.25) is 0 Å². The van der Waals surface area contributed by atoms with E-state index in [2.05, 4.69) is 34.6 Å². The minimum absolute atomic E-state index is 0.0573. The summed E-state index contributed by atoms with van der Waals surface area (Å²) in [4.78, 5) is 18.0. The summed E-state index contributed by atoms with van der Waals surface area (Å²) < 4.78 is 2.04. The molecule has 1 amide bonds. The van der Waals surface area contributed by atoms with Crippen LogP contribution in [0.25, 0.3) is 0 Å². The van der Waals surface area contributed by atoms with Gasteiger partial charge in [0.1, 0.15) is 0 Å². The smallest absolute Gasteiger partial charge is 0.252 e. The average molecular weight is 351 g/mol. The average Bonchev–Trinajstić information content (AvgIpc) is 3.30. The fourth-order valence-corrected chi connectivity index (χ4v) is 4.44. The van der Waals surface area contributed by atoms with E-state index in [4.69, 9.17) is 0 Å². The summed E-state index contributed by atoms with van der Waals surface area (Å²) >= 11 is 1.74. The Morgan fingerprint density at radius 1 is 1.16 bits per heavy atom. The van der Waals surface area contributed by atoms with Crippen molar-refractivity contribution in [2.45, 2.75) is 38.8 Å². The Bertz CT molecular complexity index is 850. The summed E-state index contributed by atoms with van der Waals surface area (Å²) in [6.45, 7) is 1.38. The monoisotopic (exact) mass is 351 g/mol. The number of aryl methyl sites for hydroxylation is 1. The number of imidazole rings is 1. The number of amides is 1. The lowest BCUT2D eigenvalue weighted by molar-refractivity contribution is 0.0950. The molecule has 4 rings (SSSR count). The van der Waals surface area contributed by atoms with E-state index in [9.17, 15) is 4.79 Å². The number of thiophene rings is 1. The van der Waals surface area contributed by atoms with Crippen molar-refractivity contribution in [3.05, 3.63) is 75.5 Å². The van der Waals surface area contributed by atoms with Crippen LogP contribution in [0.1, 0.15) is 44.8 Å². The van der Waals surface area contributed by atoms with Crippen LogP contribution < -0.4 is 5.32 Å². The first-order valence-corrected chi connectivity index (χ1v) is 9.58. The van der Waals surface area contributed by atoms with Gasteiger partial charge in [-0.25, -0.2) is 4.98 Å². The molecule has 0 atom stereocenters. The van der Waals surface area contributed by atoms with Crippen molar-refractivity contribution in [3.8, 4) is 0 Å². The number of carbonyl (C=O) groups is 1. The molecule has 2 aromatic heterocycles. The summed E-state index contributed by atoms with van der Waals surface area (Å²) in [5, 5.41) is 5.10. The molecule has 0 saturated heterocycles. The third-order valence-electron chi connectivity index (χ3n) is 4.71. The molecular weight excluding hydrogens is 330 g/mol. The maximum absolute atomic E-state index is 12.5. The molecule has 128 valence electrons. The predicted octanol–water partition coefficient (Wildman–Crippen LogP) is 3.80. The zero-order valence-corrected chi connectivity index (χ0v) is 14.9. The molecule has 0 radical (unpaired) electrons.